The molecule has 3 rings (SSSR count). The number of esters is 1. The molecule has 7 nitrogen and oxygen atoms in total. The van der Waals surface area contributed by atoms with E-state index in [1.165, 1.54) is 12.3 Å². The van der Waals surface area contributed by atoms with E-state index >= 15 is 0 Å². The zero-order chi connectivity index (χ0) is 22.6. The van der Waals surface area contributed by atoms with Gasteiger partial charge in [0.25, 0.3) is 5.91 Å². The Bertz CT molecular complexity index is 1050. The van der Waals surface area contributed by atoms with Crippen LogP contribution >= 0.6 is 0 Å². The number of nitrogens with zero attached hydrogens (tertiary/aromatic N) is 1. The number of aromatic hydroxyl groups is 1. The maximum Gasteiger partial charge on any atom is 0.342 e. The fourth-order valence-corrected chi connectivity index (χ4v) is 3.03. The second-order valence-electron chi connectivity index (χ2n) is 6.98. The molecule has 1 aliphatic rings. The van der Waals surface area contributed by atoms with Crippen molar-refractivity contribution < 1.29 is 24.2 Å². The number of ether oxygens (including phenoxy) is 2. The van der Waals surface area contributed by atoms with Crippen LogP contribution in [-0.4, -0.2) is 41.3 Å². The maximum atomic E-state index is 12.7. The summed E-state index contributed by atoms with van der Waals surface area (Å²) in [6.45, 7) is 0.864. The smallest absolute Gasteiger partial charge is 0.342 e. The molecule has 0 saturated carbocycles. The zero-order valence-corrected chi connectivity index (χ0v) is 17.5. The zero-order valence-electron chi connectivity index (χ0n) is 17.5. The molecule has 1 aromatic carbocycles. The number of phenolic OH excluding ortho intramolecular Hbond substituents is 1. The summed E-state index contributed by atoms with van der Waals surface area (Å²) in [7, 11) is 0. The number of hydrogen-bond donors (Lipinski definition) is 2. The number of benzene rings is 1. The third kappa shape index (κ3) is 7.11. The molecule has 0 fully saturated rings. The number of carbonyl (C=O) groups excluding carboxylic acids is 2. The van der Waals surface area contributed by atoms with E-state index in [2.05, 4.69) is 22.1 Å². The normalized spacial score (nSPS) is 17.6. The van der Waals surface area contributed by atoms with Gasteiger partial charge in [0, 0.05) is 42.9 Å². The Morgan fingerprint density at radius 1 is 1.28 bits per heavy atom. The minimum absolute atomic E-state index is 0.108. The predicted molar refractivity (Wildman–Crippen MR) is 119 cm³/mol. The molecule has 1 amide bonds. The molecule has 32 heavy (non-hydrogen) atoms. The number of rotatable bonds is 3. The average molecular weight is 432 g/mol. The molecule has 2 aromatic rings. The van der Waals surface area contributed by atoms with E-state index < -0.39 is 18.0 Å². The van der Waals surface area contributed by atoms with Crippen LogP contribution in [0, 0.1) is 11.8 Å². The second kappa shape index (κ2) is 12.1. The fraction of sp³-hybridized carbons (Fsp3) is 0.240. The van der Waals surface area contributed by atoms with Crippen LogP contribution in [0.5, 0.6) is 5.75 Å². The Hall–Kier alpha value is -3.89. The van der Waals surface area contributed by atoms with Crippen molar-refractivity contribution >= 4 is 11.9 Å². The van der Waals surface area contributed by atoms with Gasteiger partial charge in [0.05, 0.1) is 13.2 Å². The number of pyridine rings is 1. The topological polar surface area (TPSA) is 97.8 Å². The van der Waals surface area contributed by atoms with Gasteiger partial charge in [-0.15, -0.1) is 0 Å². The summed E-state index contributed by atoms with van der Waals surface area (Å²) >= 11 is 0. The SMILES string of the molecule is O=C(C#Cc1cccnc1)N/C=C/C[C@H]1CCOC/C=C/Cc2cccc(O)c2C(=O)O1. The van der Waals surface area contributed by atoms with Gasteiger partial charge in [-0.25, -0.2) is 4.79 Å². The van der Waals surface area contributed by atoms with Crippen LogP contribution in [0.15, 0.2) is 67.2 Å². The molecule has 2 N–H and O–H groups in total. The van der Waals surface area contributed by atoms with E-state index in [1.54, 1.807) is 42.7 Å². The standard InChI is InChI=1S/C25H24N2O5/c28-22-10-3-8-20-7-1-2-16-31-17-13-21(32-25(30)24(20)22)9-5-15-27-23(29)12-11-19-6-4-14-26-18-19/h1-6,8,10,14-15,18,21,28H,7,9,13,16-17H2,(H,27,29)/b2-1+,15-5+/t21-/m0/s1. The second-order valence-corrected chi connectivity index (χ2v) is 6.98. The van der Waals surface area contributed by atoms with Gasteiger partial charge in [0.2, 0.25) is 0 Å². The molecule has 7 heteroatoms. The van der Waals surface area contributed by atoms with Crippen molar-refractivity contribution in [2.45, 2.75) is 25.4 Å². The van der Waals surface area contributed by atoms with Crippen molar-refractivity contribution in [1.29, 1.82) is 0 Å². The molecule has 0 saturated heterocycles. The fourth-order valence-electron chi connectivity index (χ4n) is 3.03. The van der Waals surface area contributed by atoms with Crippen LogP contribution in [0.25, 0.3) is 0 Å². The molecule has 1 aliphatic heterocycles. The first-order chi connectivity index (χ1) is 15.6. The largest absolute Gasteiger partial charge is 0.507 e. The minimum atomic E-state index is -0.586. The van der Waals surface area contributed by atoms with Gasteiger partial charge in [0.1, 0.15) is 17.4 Å². The Morgan fingerprint density at radius 3 is 3.03 bits per heavy atom. The molecule has 0 unspecified atom stereocenters. The summed E-state index contributed by atoms with van der Waals surface area (Å²) in [4.78, 5) is 28.5. The van der Waals surface area contributed by atoms with Crippen LogP contribution in [0.4, 0.5) is 0 Å². The van der Waals surface area contributed by atoms with Crippen molar-refractivity contribution in [2.75, 3.05) is 13.2 Å². The third-order valence-electron chi connectivity index (χ3n) is 4.62. The monoisotopic (exact) mass is 432 g/mol. The molecule has 0 radical (unpaired) electrons. The molecule has 0 aliphatic carbocycles. The van der Waals surface area contributed by atoms with E-state index in [0.717, 1.165) is 0 Å². The van der Waals surface area contributed by atoms with E-state index in [4.69, 9.17) is 9.47 Å². The van der Waals surface area contributed by atoms with E-state index in [9.17, 15) is 14.7 Å². The lowest BCUT2D eigenvalue weighted by Gasteiger charge is -2.18. The van der Waals surface area contributed by atoms with E-state index in [1.807, 2.05) is 12.2 Å². The van der Waals surface area contributed by atoms with Crippen molar-refractivity contribution in [3.63, 3.8) is 0 Å². The number of hydrogen-bond acceptors (Lipinski definition) is 6. The molecule has 0 spiro atoms. The number of amides is 1. The van der Waals surface area contributed by atoms with Crippen molar-refractivity contribution in [1.82, 2.24) is 10.3 Å². The van der Waals surface area contributed by atoms with Crippen LogP contribution in [0.3, 0.4) is 0 Å². The van der Waals surface area contributed by atoms with Crippen LogP contribution in [0.2, 0.25) is 0 Å². The Kier molecular flexibility index (Phi) is 8.60. The molecule has 164 valence electrons. The van der Waals surface area contributed by atoms with Crippen LogP contribution in [0.1, 0.15) is 34.3 Å². The van der Waals surface area contributed by atoms with Gasteiger partial charge in [0.15, 0.2) is 0 Å². The van der Waals surface area contributed by atoms with Gasteiger partial charge < -0.3 is 19.9 Å². The average Bonchev–Trinajstić information content (AvgIpc) is 2.79. The van der Waals surface area contributed by atoms with E-state index in [0.29, 0.717) is 43.6 Å². The highest BCUT2D eigenvalue weighted by atomic mass is 16.5. The molecule has 2 heterocycles. The number of allylic oxidation sites excluding steroid dienone is 1. The first kappa shape index (κ1) is 22.8. The minimum Gasteiger partial charge on any atom is -0.507 e. The summed E-state index contributed by atoms with van der Waals surface area (Å²) in [5, 5.41) is 12.8. The van der Waals surface area contributed by atoms with Crippen molar-refractivity contribution in [3.8, 4) is 17.6 Å². The van der Waals surface area contributed by atoms with Gasteiger partial charge in [-0.05, 0) is 30.2 Å². The van der Waals surface area contributed by atoms with Crippen LogP contribution < -0.4 is 5.32 Å². The molecule has 1 atom stereocenters. The summed E-state index contributed by atoms with van der Waals surface area (Å²) < 4.78 is 11.2. The van der Waals surface area contributed by atoms with Gasteiger partial charge in [-0.3, -0.25) is 9.78 Å². The van der Waals surface area contributed by atoms with E-state index in [-0.39, 0.29) is 11.3 Å². The highest BCUT2D eigenvalue weighted by Gasteiger charge is 2.21. The molecular formula is C25H24N2O5. The lowest BCUT2D eigenvalue weighted by atomic mass is 10.0. The molecule has 0 bridgehead atoms. The third-order valence-corrected chi connectivity index (χ3v) is 4.62. The quantitative estimate of drug-likeness (QED) is 0.440. The van der Waals surface area contributed by atoms with Crippen LogP contribution in [-0.2, 0) is 20.7 Å². The van der Waals surface area contributed by atoms with Crippen molar-refractivity contribution in [2.24, 2.45) is 0 Å². The Balaban J connectivity index is 1.61. The summed E-state index contributed by atoms with van der Waals surface area (Å²) in [6, 6.07) is 8.44. The predicted octanol–water partition coefficient (Wildman–Crippen LogP) is 2.90. The molecular weight excluding hydrogens is 408 g/mol. The number of phenols is 1. The first-order valence-electron chi connectivity index (χ1n) is 10.3. The van der Waals surface area contributed by atoms with Gasteiger partial charge in [-0.2, -0.15) is 0 Å². The highest BCUT2D eigenvalue weighted by Crippen LogP contribution is 2.24. The lowest BCUT2D eigenvalue weighted by molar-refractivity contribution is -0.114. The van der Waals surface area contributed by atoms with Crippen molar-refractivity contribution in [3.05, 3.63) is 83.8 Å². The Morgan fingerprint density at radius 2 is 2.19 bits per heavy atom. The number of nitrogens with one attached hydrogen (secondary N) is 1. The Labute approximate surface area is 186 Å². The summed E-state index contributed by atoms with van der Waals surface area (Å²) in [5.41, 5.74) is 1.50. The molecule has 1 aromatic heterocycles. The number of fused-ring (bicyclic) bond motifs is 1. The lowest BCUT2D eigenvalue weighted by Crippen LogP contribution is -2.21. The van der Waals surface area contributed by atoms with Gasteiger partial charge >= 0.3 is 5.97 Å². The summed E-state index contributed by atoms with van der Waals surface area (Å²) in [6.07, 6.45) is 11.0. The number of carbonyl (C=O) groups is 2. The number of aromatic nitrogens is 1. The van der Waals surface area contributed by atoms with Gasteiger partial charge in [-0.1, -0.05) is 36.3 Å². The highest BCUT2D eigenvalue weighted by molar-refractivity contribution is 5.95. The first-order valence-corrected chi connectivity index (χ1v) is 10.3. The maximum absolute atomic E-state index is 12.7. The number of cyclic esters (lactones) is 1. The summed E-state index contributed by atoms with van der Waals surface area (Å²) in [5.74, 6) is 4.04.